The van der Waals surface area contributed by atoms with E-state index in [-0.39, 0.29) is 0 Å². The lowest BCUT2D eigenvalue weighted by atomic mass is 10.3. The molecule has 0 atom stereocenters. The highest BCUT2D eigenvalue weighted by Gasteiger charge is 1.92. The van der Waals surface area contributed by atoms with Crippen molar-refractivity contribution in [2.24, 2.45) is 0 Å². The molecule has 4 heteroatoms. The Kier molecular flexibility index (Phi) is 3.25. The number of hydrogen-bond acceptors (Lipinski definition) is 4. The van der Waals surface area contributed by atoms with Crippen LogP contribution in [0.5, 0.6) is 0 Å². The van der Waals surface area contributed by atoms with Crippen LogP contribution in [0.25, 0.3) is 0 Å². The predicted octanol–water partition coefficient (Wildman–Crippen LogP) is 1.59. The van der Waals surface area contributed by atoms with Gasteiger partial charge in [0.25, 0.3) is 0 Å². The SMILES string of the molecule is c1ccc(NNCc2ncccn2)cc1. The molecule has 0 aliphatic carbocycles. The molecule has 0 aliphatic heterocycles. The summed E-state index contributed by atoms with van der Waals surface area (Å²) in [4.78, 5) is 8.19. The van der Waals surface area contributed by atoms with Crippen LogP contribution in [0, 0.1) is 0 Å². The van der Waals surface area contributed by atoms with Crippen molar-refractivity contribution < 1.29 is 0 Å². The molecule has 0 amide bonds. The summed E-state index contributed by atoms with van der Waals surface area (Å²) in [7, 11) is 0. The minimum Gasteiger partial charge on any atom is -0.321 e. The topological polar surface area (TPSA) is 49.8 Å². The number of para-hydroxylation sites is 1. The van der Waals surface area contributed by atoms with E-state index in [2.05, 4.69) is 20.8 Å². The van der Waals surface area contributed by atoms with Gasteiger partial charge in [-0.2, -0.15) is 0 Å². The molecule has 2 N–H and O–H groups in total. The Balaban J connectivity index is 1.81. The standard InChI is InChI=1S/C11H12N4/c1-2-5-10(6-3-1)15-14-9-11-12-7-4-8-13-11/h1-8,14-15H,9H2. The van der Waals surface area contributed by atoms with E-state index in [1.54, 1.807) is 18.5 Å². The minimum absolute atomic E-state index is 0.593. The second-order valence-electron chi connectivity index (χ2n) is 3.01. The highest BCUT2D eigenvalue weighted by molar-refractivity contribution is 5.41. The second kappa shape index (κ2) is 5.07. The molecule has 76 valence electrons. The van der Waals surface area contributed by atoms with Crippen LogP contribution in [0.4, 0.5) is 5.69 Å². The van der Waals surface area contributed by atoms with E-state index in [9.17, 15) is 0 Å². The molecule has 2 rings (SSSR count). The molecule has 1 heterocycles. The molecule has 0 saturated heterocycles. The van der Waals surface area contributed by atoms with E-state index in [0.29, 0.717) is 6.54 Å². The summed E-state index contributed by atoms with van der Waals surface area (Å²) < 4.78 is 0. The summed E-state index contributed by atoms with van der Waals surface area (Å²) >= 11 is 0. The summed E-state index contributed by atoms with van der Waals surface area (Å²) in [5.41, 5.74) is 7.13. The summed E-state index contributed by atoms with van der Waals surface area (Å²) in [6, 6.07) is 11.7. The van der Waals surface area contributed by atoms with Crippen molar-refractivity contribution in [3.63, 3.8) is 0 Å². The number of anilines is 1. The Morgan fingerprint density at radius 2 is 1.67 bits per heavy atom. The van der Waals surface area contributed by atoms with Gasteiger partial charge in [-0.25, -0.2) is 15.4 Å². The first-order chi connectivity index (χ1) is 7.45. The van der Waals surface area contributed by atoms with E-state index in [4.69, 9.17) is 0 Å². The smallest absolute Gasteiger partial charge is 0.143 e. The van der Waals surface area contributed by atoms with Crippen molar-refractivity contribution in [1.29, 1.82) is 0 Å². The fourth-order valence-corrected chi connectivity index (χ4v) is 1.17. The van der Waals surface area contributed by atoms with Gasteiger partial charge in [-0.15, -0.1) is 0 Å². The quantitative estimate of drug-likeness (QED) is 0.736. The monoisotopic (exact) mass is 200 g/mol. The fourth-order valence-electron chi connectivity index (χ4n) is 1.17. The predicted molar refractivity (Wildman–Crippen MR) is 58.9 cm³/mol. The normalized spacial score (nSPS) is 9.87. The van der Waals surface area contributed by atoms with Gasteiger partial charge < -0.3 is 5.43 Å². The summed E-state index contributed by atoms with van der Waals surface area (Å²) in [5.74, 6) is 0.765. The van der Waals surface area contributed by atoms with Crippen molar-refractivity contribution in [2.45, 2.75) is 6.54 Å². The van der Waals surface area contributed by atoms with Crippen molar-refractivity contribution in [3.05, 3.63) is 54.6 Å². The highest BCUT2D eigenvalue weighted by atomic mass is 15.4. The first-order valence-electron chi connectivity index (χ1n) is 4.75. The van der Waals surface area contributed by atoms with Crippen LogP contribution in [0.3, 0.4) is 0 Å². The van der Waals surface area contributed by atoms with Gasteiger partial charge in [-0.1, -0.05) is 18.2 Å². The van der Waals surface area contributed by atoms with Crippen LogP contribution in [0.1, 0.15) is 5.82 Å². The fraction of sp³-hybridized carbons (Fsp3) is 0.0909. The van der Waals surface area contributed by atoms with E-state index >= 15 is 0 Å². The highest BCUT2D eigenvalue weighted by Crippen LogP contribution is 2.02. The average Bonchev–Trinajstić information content (AvgIpc) is 2.32. The van der Waals surface area contributed by atoms with Gasteiger partial charge in [0, 0.05) is 18.1 Å². The van der Waals surface area contributed by atoms with Crippen LogP contribution >= 0.6 is 0 Å². The number of aromatic nitrogens is 2. The second-order valence-corrected chi connectivity index (χ2v) is 3.01. The van der Waals surface area contributed by atoms with Crippen LogP contribution in [0.15, 0.2) is 48.8 Å². The lowest BCUT2D eigenvalue weighted by Gasteiger charge is -2.06. The van der Waals surface area contributed by atoms with Gasteiger partial charge in [-0.05, 0) is 18.2 Å². The lowest BCUT2D eigenvalue weighted by molar-refractivity contribution is 0.747. The lowest BCUT2D eigenvalue weighted by Crippen LogP contribution is -2.21. The molecule has 4 nitrogen and oxygen atoms in total. The van der Waals surface area contributed by atoms with Gasteiger partial charge in [0.15, 0.2) is 0 Å². The van der Waals surface area contributed by atoms with Crippen LogP contribution in [-0.4, -0.2) is 9.97 Å². The van der Waals surface area contributed by atoms with Gasteiger partial charge in [0.05, 0.1) is 6.54 Å². The third-order valence-electron chi connectivity index (χ3n) is 1.87. The Hall–Kier alpha value is -1.94. The molecule has 1 aromatic carbocycles. The average molecular weight is 200 g/mol. The van der Waals surface area contributed by atoms with Crippen LogP contribution < -0.4 is 10.9 Å². The largest absolute Gasteiger partial charge is 0.321 e. The number of hydrogen-bond donors (Lipinski definition) is 2. The Labute approximate surface area is 88.4 Å². The van der Waals surface area contributed by atoms with Crippen molar-refractivity contribution in [2.75, 3.05) is 5.43 Å². The number of nitrogens with one attached hydrogen (secondary N) is 2. The minimum atomic E-state index is 0.593. The molecule has 0 fully saturated rings. The Bertz CT molecular complexity index is 348. The molecule has 0 radical (unpaired) electrons. The zero-order valence-corrected chi connectivity index (χ0v) is 8.22. The number of rotatable bonds is 4. The molecule has 1 aromatic heterocycles. The summed E-state index contributed by atoms with van der Waals surface area (Å²) in [6.07, 6.45) is 3.46. The summed E-state index contributed by atoms with van der Waals surface area (Å²) in [6.45, 7) is 0.593. The molecule has 2 aromatic rings. The third kappa shape index (κ3) is 3.03. The maximum absolute atomic E-state index is 4.10. The molecular weight excluding hydrogens is 188 g/mol. The third-order valence-corrected chi connectivity index (χ3v) is 1.87. The molecule has 0 aliphatic rings. The van der Waals surface area contributed by atoms with E-state index < -0.39 is 0 Å². The van der Waals surface area contributed by atoms with E-state index in [1.165, 1.54) is 0 Å². The Morgan fingerprint density at radius 1 is 0.933 bits per heavy atom. The molecule has 0 bridgehead atoms. The molecule has 0 unspecified atom stereocenters. The number of benzene rings is 1. The number of nitrogens with zero attached hydrogens (tertiary/aromatic N) is 2. The number of hydrazine groups is 1. The van der Waals surface area contributed by atoms with E-state index in [1.807, 2.05) is 30.3 Å². The molecular formula is C11H12N4. The van der Waals surface area contributed by atoms with Gasteiger partial charge in [0.2, 0.25) is 0 Å². The van der Waals surface area contributed by atoms with Gasteiger partial charge >= 0.3 is 0 Å². The Morgan fingerprint density at radius 3 is 2.40 bits per heavy atom. The van der Waals surface area contributed by atoms with Gasteiger partial charge in [-0.3, -0.25) is 0 Å². The van der Waals surface area contributed by atoms with E-state index in [0.717, 1.165) is 11.5 Å². The maximum Gasteiger partial charge on any atom is 0.143 e. The first-order valence-corrected chi connectivity index (χ1v) is 4.75. The van der Waals surface area contributed by atoms with Gasteiger partial charge in [0.1, 0.15) is 5.82 Å². The van der Waals surface area contributed by atoms with Crippen LogP contribution in [0.2, 0.25) is 0 Å². The summed E-state index contributed by atoms with van der Waals surface area (Å²) in [5, 5.41) is 0. The zero-order valence-electron chi connectivity index (χ0n) is 8.22. The van der Waals surface area contributed by atoms with Crippen molar-refractivity contribution in [1.82, 2.24) is 15.4 Å². The van der Waals surface area contributed by atoms with Crippen LogP contribution in [-0.2, 0) is 6.54 Å². The first kappa shape index (κ1) is 9.61. The molecule has 0 saturated carbocycles. The maximum atomic E-state index is 4.10. The molecule has 15 heavy (non-hydrogen) atoms. The zero-order chi connectivity index (χ0) is 10.3. The van der Waals surface area contributed by atoms with Crippen molar-refractivity contribution >= 4 is 5.69 Å². The van der Waals surface area contributed by atoms with Crippen molar-refractivity contribution in [3.8, 4) is 0 Å². The molecule has 0 spiro atoms.